The number of hydrogen-bond acceptors (Lipinski definition) is 5. The Hall–Kier alpha value is -2.98. The van der Waals surface area contributed by atoms with Gasteiger partial charge in [0.2, 0.25) is 5.91 Å². The number of benzene rings is 2. The van der Waals surface area contributed by atoms with Crippen molar-refractivity contribution in [2.24, 2.45) is 4.99 Å². The summed E-state index contributed by atoms with van der Waals surface area (Å²) in [6, 6.07) is 7.62. The number of morpholine rings is 1. The molecule has 4 rings (SSSR count). The van der Waals surface area contributed by atoms with Crippen molar-refractivity contribution in [1.82, 2.24) is 4.90 Å². The molecule has 33 heavy (non-hydrogen) atoms. The minimum absolute atomic E-state index is 0.0190. The maximum Gasteiger partial charge on any atom is 0.418 e. The van der Waals surface area contributed by atoms with Gasteiger partial charge in [-0.1, -0.05) is 0 Å². The van der Waals surface area contributed by atoms with Crippen molar-refractivity contribution >= 4 is 29.2 Å². The van der Waals surface area contributed by atoms with Crippen LogP contribution in [0.2, 0.25) is 0 Å². The Kier molecular flexibility index (Phi) is 6.94. The van der Waals surface area contributed by atoms with Gasteiger partial charge in [0.15, 0.2) is 0 Å². The predicted molar refractivity (Wildman–Crippen MR) is 118 cm³/mol. The highest BCUT2D eigenvalue weighted by Crippen LogP contribution is 2.38. The van der Waals surface area contributed by atoms with Crippen LogP contribution in [0.25, 0.3) is 0 Å². The van der Waals surface area contributed by atoms with E-state index in [0.29, 0.717) is 37.4 Å². The number of amides is 1. The van der Waals surface area contributed by atoms with Gasteiger partial charge in [-0.05, 0) is 54.9 Å². The molecule has 1 unspecified atom stereocenters. The summed E-state index contributed by atoms with van der Waals surface area (Å²) in [4.78, 5) is 18.5. The number of hydrogen-bond donors (Lipinski definition) is 2. The summed E-state index contributed by atoms with van der Waals surface area (Å²) in [5.74, 6) is -1.79. The molecule has 0 bridgehead atoms. The second-order valence-corrected chi connectivity index (χ2v) is 7.94. The van der Waals surface area contributed by atoms with Crippen LogP contribution in [0.5, 0.6) is 0 Å². The number of fused-ring (bicyclic) bond motifs is 1. The zero-order valence-corrected chi connectivity index (χ0v) is 17.8. The number of rotatable bonds is 7. The lowest BCUT2D eigenvalue weighted by Gasteiger charge is -2.26. The van der Waals surface area contributed by atoms with Gasteiger partial charge >= 0.3 is 6.18 Å². The third kappa shape index (κ3) is 5.69. The average molecular weight is 464 g/mol. The molecule has 0 radical (unpaired) electrons. The number of nitrogens with one attached hydrogen (secondary N) is 2. The lowest BCUT2D eigenvalue weighted by Crippen LogP contribution is -2.37. The number of anilines is 2. The molecule has 0 aromatic heterocycles. The quantitative estimate of drug-likeness (QED) is 0.362. The van der Waals surface area contributed by atoms with Crippen molar-refractivity contribution in [1.29, 1.82) is 0 Å². The second kappa shape index (κ2) is 9.88. The van der Waals surface area contributed by atoms with Crippen LogP contribution in [0, 0.1) is 5.82 Å². The zero-order chi connectivity index (χ0) is 23.4. The van der Waals surface area contributed by atoms with Gasteiger partial charge in [-0.25, -0.2) is 4.39 Å². The largest absolute Gasteiger partial charge is 0.418 e. The Morgan fingerprint density at radius 2 is 1.97 bits per heavy atom. The smallest absolute Gasteiger partial charge is 0.385 e. The molecule has 1 fully saturated rings. The molecule has 2 aliphatic rings. The molecule has 2 aromatic rings. The van der Waals surface area contributed by atoms with Crippen molar-refractivity contribution in [2.75, 3.05) is 50.0 Å². The lowest BCUT2D eigenvalue weighted by molar-refractivity contribution is -0.137. The van der Waals surface area contributed by atoms with Crippen LogP contribution in [0.1, 0.15) is 23.5 Å². The second-order valence-electron chi connectivity index (χ2n) is 7.94. The number of carbonyl (C=O) groups is 1. The van der Waals surface area contributed by atoms with Gasteiger partial charge in [-0.2, -0.15) is 13.2 Å². The summed E-state index contributed by atoms with van der Waals surface area (Å²) in [7, 11) is 0. The molecule has 0 saturated carbocycles. The fourth-order valence-electron chi connectivity index (χ4n) is 3.92. The number of aliphatic imine (C=N–C) groups is 1. The molecular formula is C23H24F4N4O2. The first-order valence-electron chi connectivity index (χ1n) is 10.7. The molecule has 0 aliphatic carbocycles. The highest BCUT2D eigenvalue weighted by molar-refractivity contribution is 6.12. The minimum Gasteiger partial charge on any atom is -0.385 e. The van der Waals surface area contributed by atoms with E-state index in [2.05, 4.69) is 20.5 Å². The summed E-state index contributed by atoms with van der Waals surface area (Å²) in [6.07, 6.45) is -2.63. The van der Waals surface area contributed by atoms with E-state index in [4.69, 9.17) is 4.74 Å². The van der Waals surface area contributed by atoms with Crippen molar-refractivity contribution < 1.29 is 27.1 Å². The van der Waals surface area contributed by atoms with Gasteiger partial charge < -0.3 is 15.4 Å². The summed E-state index contributed by atoms with van der Waals surface area (Å²) in [5, 5.41) is 5.49. The molecule has 2 aromatic carbocycles. The monoisotopic (exact) mass is 464 g/mol. The fourth-order valence-corrected chi connectivity index (χ4v) is 3.92. The number of nitrogens with zero attached hydrogens (tertiary/aromatic N) is 2. The molecule has 2 N–H and O–H groups in total. The molecular weight excluding hydrogens is 440 g/mol. The predicted octanol–water partition coefficient (Wildman–Crippen LogP) is 4.42. The van der Waals surface area contributed by atoms with E-state index >= 15 is 0 Å². The van der Waals surface area contributed by atoms with E-state index < -0.39 is 29.4 Å². The minimum atomic E-state index is -4.57. The topological polar surface area (TPSA) is 66.0 Å². The summed E-state index contributed by atoms with van der Waals surface area (Å²) >= 11 is 0. The van der Waals surface area contributed by atoms with Crippen LogP contribution < -0.4 is 10.6 Å². The van der Waals surface area contributed by atoms with Gasteiger partial charge in [0.05, 0.1) is 24.5 Å². The van der Waals surface area contributed by atoms with Crippen LogP contribution in [0.4, 0.5) is 34.6 Å². The van der Waals surface area contributed by atoms with Crippen molar-refractivity contribution in [3.05, 3.63) is 53.3 Å². The molecule has 10 heteroatoms. The summed E-state index contributed by atoms with van der Waals surface area (Å²) in [6.45, 7) is 4.19. The van der Waals surface area contributed by atoms with Crippen LogP contribution in [0.15, 0.2) is 41.4 Å². The Morgan fingerprint density at radius 3 is 2.73 bits per heavy atom. The first-order chi connectivity index (χ1) is 15.8. The van der Waals surface area contributed by atoms with Crippen LogP contribution >= 0.6 is 0 Å². The van der Waals surface area contributed by atoms with Crippen molar-refractivity contribution in [3.8, 4) is 0 Å². The zero-order valence-electron chi connectivity index (χ0n) is 17.8. The number of halogens is 4. The maximum atomic E-state index is 13.7. The molecule has 0 spiro atoms. The van der Waals surface area contributed by atoms with E-state index in [9.17, 15) is 22.4 Å². The molecule has 1 amide bonds. The molecule has 1 atom stereocenters. The molecule has 2 aliphatic heterocycles. The molecule has 2 heterocycles. The van der Waals surface area contributed by atoms with E-state index in [1.165, 1.54) is 36.5 Å². The van der Waals surface area contributed by atoms with Crippen molar-refractivity contribution in [2.45, 2.75) is 18.5 Å². The van der Waals surface area contributed by atoms with Crippen molar-refractivity contribution in [3.63, 3.8) is 0 Å². The van der Waals surface area contributed by atoms with Gasteiger partial charge in [-0.3, -0.25) is 14.7 Å². The third-order valence-corrected chi connectivity index (χ3v) is 5.64. The maximum absolute atomic E-state index is 13.7. The van der Waals surface area contributed by atoms with Crippen LogP contribution in [-0.4, -0.2) is 56.4 Å². The van der Waals surface area contributed by atoms with Gasteiger partial charge in [0.1, 0.15) is 11.7 Å². The van der Waals surface area contributed by atoms with E-state index in [-0.39, 0.29) is 11.4 Å². The van der Waals surface area contributed by atoms with E-state index in [0.717, 1.165) is 25.7 Å². The fraction of sp³-hybridized carbons (Fsp3) is 0.391. The third-order valence-electron chi connectivity index (χ3n) is 5.64. The summed E-state index contributed by atoms with van der Waals surface area (Å²) < 4.78 is 59.8. The highest BCUT2D eigenvalue weighted by Gasteiger charge is 2.34. The Labute approximate surface area is 188 Å². The van der Waals surface area contributed by atoms with E-state index in [1.807, 2.05) is 0 Å². The summed E-state index contributed by atoms with van der Waals surface area (Å²) in [5.41, 5.74) is 0.0722. The first-order valence-corrected chi connectivity index (χ1v) is 10.7. The number of carbonyl (C=O) groups excluding carboxylic acids is 1. The Morgan fingerprint density at radius 1 is 1.18 bits per heavy atom. The number of ether oxygens (including phenoxy) is 1. The molecule has 6 nitrogen and oxygen atoms in total. The highest BCUT2D eigenvalue weighted by atomic mass is 19.4. The van der Waals surface area contributed by atoms with Crippen LogP contribution in [-0.2, 0) is 15.7 Å². The average Bonchev–Trinajstić information content (AvgIpc) is 3.10. The first kappa shape index (κ1) is 23.2. The SMILES string of the molecule is O=C1Nc2ccc(F)cc2C1C=Nc1ccc(NCCCN2CCOCC2)c(C(F)(F)F)c1. The lowest BCUT2D eigenvalue weighted by atomic mass is 10.0. The Bertz CT molecular complexity index is 1040. The van der Waals surface area contributed by atoms with Crippen LogP contribution in [0.3, 0.4) is 0 Å². The van der Waals surface area contributed by atoms with Gasteiger partial charge in [0, 0.05) is 37.2 Å². The molecule has 176 valence electrons. The normalized spacial score (nSPS) is 19.0. The number of alkyl halides is 3. The van der Waals surface area contributed by atoms with Gasteiger partial charge in [0.25, 0.3) is 0 Å². The van der Waals surface area contributed by atoms with E-state index in [1.54, 1.807) is 0 Å². The molecule has 1 saturated heterocycles. The standard InChI is InChI=1S/C23H24F4N4O2/c24-15-2-4-20-17(12-15)18(22(32)30-20)14-29-16-3-5-21(19(13-16)23(25,26)27)28-6-1-7-31-8-10-33-11-9-31/h2-5,12-14,18,28H,1,6-11H2,(H,30,32). The Balaban J connectivity index is 1.44. The van der Waals surface area contributed by atoms with Gasteiger partial charge in [-0.15, -0.1) is 0 Å².